The summed E-state index contributed by atoms with van der Waals surface area (Å²) in [6, 6.07) is 4.02. The van der Waals surface area contributed by atoms with Crippen molar-refractivity contribution in [3.05, 3.63) is 34.3 Å². The van der Waals surface area contributed by atoms with E-state index in [1.807, 2.05) is 29.3 Å². The molecule has 0 spiro atoms. The Morgan fingerprint density at radius 2 is 1.65 bits per heavy atom. The highest BCUT2D eigenvalue weighted by Gasteiger charge is 2.24. The second-order valence-corrected chi connectivity index (χ2v) is 7.51. The first kappa shape index (κ1) is 17.2. The molecule has 4 rings (SSSR count). The Morgan fingerprint density at radius 3 is 2.27 bits per heavy atom. The largest absolute Gasteiger partial charge is 0.378 e. The fourth-order valence-electron chi connectivity index (χ4n) is 3.31. The van der Waals surface area contributed by atoms with Crippen LogP contribution in [0.15, 0.2) is 23.8 Å². The lowest BCUT2D eigenvalue weighted by molar-refractivity contribution is 0.0751. The molecule has 0 unspecified atom stereocenters. The third-order valence-corrected chi connectivity index (χ3v) is 5.84. The van der Waals surface area contributed by atoms with Crippen molar-refractivity contribution in [3.8, 4) is 0 Å². The molecule has 0 bridgehead atoms. The lowest BCUT2D eigenvalue weighted by Crippen LogP contribution is -2.49. The van der Waals surface area contributed by atoms with Gasteiger partial charge in [0, 0.05) is 45.3 Å². The van der Waals surface area contributed by atoms with Gasteiger partial charge in [-0.25, -0.2) is 9.97 Å². The summed E-state index contributed by atoms with van der Waals surface area (Å²) in [5, 5.41) is 2.03. The van der Waals surface area contributed by atoms with Crippen LogP contribution in [-0.2, 0) is 4.74 Å². The van der Waals surface area contributed by atoms with Crippen molar-refractivity contribution in [1.82, 2.24) is 14.9 Å². The molecule has 0 radical (unpaired) electrons. The van der Waals surface area contributed by atoms with E-state index in [4.69, 9.17) is 4.74 Å². The van der Waals surface area contributed by atoms with Gasteiger partial charge >= 0.3 is 0 Å². The summed E-state index contributed by atoms with van der Waals surface area (Å²) in [5.41, 5.74) is 1.15. The highest BCUT2D eigenvalue weighted by Crippen LogP contribution is 2.21. The number of ether oxygens (including phenoxy) is 1. The maximum atomic E-state index is 12.6. The predicted molar refractivity (Wildman–Crippen MR) is 102 cm³/mol. The lowest BCUT2D eigenvalue weighted by Gasteiger charge is -2.35. The molecule has 0 atom stereocenters. The van der Waals surface area contributed by atoms with Gasteiger partial charge in [0.15, 0.2) is 0 Å². The summed E-state index contributed by atoms with van der Waals surface area (Å²) in [5.74, 6) is 2.02. The van der Waals surface area contributed by atoms with E-state index >= 15 is 0 Å². The topological polar surface area (TPSA) is 61.8 Å². The third-order valence-electron chi connectivity index (χ3n) is 4.81. The second-order valence-electron chi connectivity index (χ2n) is 6.60. The van der Waals surface area contributed by atoms with Crippen LogP contribution in [0.4, 0.5) is 11.6 Å². The molecule has 0 aromatic carbocycles. The van der Waals surface area contributed by atoms with Crippen molar-refractivity contribution in [2.24, 2.45) is 0 Å². The van der Waals surface area contributed by atoms with Crippen LogP contribution in [0.25, 0.3) is 0 Å². The molecule has 0 aliphatic carbocycles. The summed E-state index contributed by atoms with van der Waals surface area (Å²) >= 11 is 1.53. The number of anilines is 2. The normalized spacial score (nSPS) is 18.3. The average molecular weight is 373 g/mol. The molecular formula is C18H23N5O2S. The summed E-state index contributed by atoms with van der Waals surface area (Å²) in [7, 11) is 0. The monoisotopic (exact) mass is 373 g/mol. The predicted octanol–water partition coefficient (Wildman–Crippen LogP) is 1.65. The van der Waals surface area contributed by atoms with E-state index in [1.54, 1.807) is 6.33 Å². The third kappa shape index (κ3) is 3.66. The summed E-state index contributed by atoms with van der Waals surface area (Å²) in [6.45, 7) is 8.22. The first-order valence-corrected chi connectivity index (χ1v) is 9.83. The van der Waals surface area contributed by atoms with Gasteiger partial charge in [-0.1, -0.05) is 0 Å². The van der Waals surface area contributed by atoms with Crippen LogP contribution < -0.4 is 9.80 Å². The quantitative estimate of drug-likeness (QED) is 0.815. The van der Waals surface area contributed by atoms with Crippen LogP contribution in [0.3, 0.4) is 0 Å². The Balaban J connectivity index is 1.39. The zero-order chi connectivity index (χ0) is 17.9. The van der Waals surface area contributed by atoms with Gasteiger partial charge in [0.1, 0.15) is 18.0 Å². The standard InChI is InChI=1S/C18H23N5O2S/c1-14-10-15(26-12-14)18(24)23-4-2-21(3-5-23)16-11-17(20-13-19-16)22-6-8-25-9-7-22/h10-13H,2-9H2,1H3. The van der Waals surface area contributed by atoms with E-state index in [2.05, 4.69) is 19.8 Å². The molecule has 2 aliphatic heterocycles. The van der Waals surface area contributed by atoms with Gasteiger partial charge in [-0.3, -0.25) is 4.79 Å². The number of piperazine rings is 1. The number of rotatable bonds is 3. The van der Waals surface area contributed by atoms with Crippen LogP contribution in [0.1, 0.15) is 15.2 Å². The molecule has 1 amide bonds. The zero-order valence-corrected chi connectivity index (χ0v) is 15.7. The second kappa shape index (κ2) is 7.59. The molecule has 7 nitrogen and oxygen atoms in total. The number of morpholine rings is 1. The van der Waals surface area contributed by atoms with E-state index in [0.717, 1.165) is 61.5 Å². The number of hydrogen-bond acceptors (Lipinski definition) is 7. The van der Waals surface area contributed by atoms with Gasteiger partial charge in [-0.05, 0) is 23.9 Å². The number of thiophene rings is 1. The lowest BCUT2D eigenvalue weighted by atomic mass is 10.2. The first-order chi connectivity index (χ1) is 12.7. The fraction of sp³-hybridized carbons (Fsp3) is 0.500. The molecule has 26 heavy (non-hydrogen) atoms. The maximum Gasteiger partial charge on any atom is 0.264 e. The minimum Gasteiger partial charge on any atom is -0.378 e. The molecule has 138 valence electrons. The molecule has 0 N–H and O–H groups in total. The Morgan fingerprint density at radius 1 is 1.00 bits per heavy atom. The van der Waals surface area contributed by atoms with Crippen molar-refractivity contribution >= 4 is 28.9 Å². The average Bonchev–Trinajstić information content (AvgIpc) is 3.15. The van der Waals surface area contributed by atoms with Crippen molar-refractivity contribution < 1.29 is 9.53 Å². The number of hydrogen-bond donors (Lipinski definition) is 0. The highest BCUT2D eigenvalue weighted by atomic mass is 32.1. The number of carbonyl (C=O) groups excluding carboxylic acids is 1. The number of carbonyl (C=O) groups is 1. The SMILES string of the molecule is Cc1csc(C(=O)N2CCN(c3cc(N4CCOCC4)ncn3)CC2)c1. The smallest absolute Gasteiger partial charge is 0.264 e. The molecule has 2 saturated heterocycles. The van der Waals surface area contributed by atoms with E-state index in [-0.39, 0.29) is 5.91 Å². The van der Waals surface area contributed by atoms with Crippen LogP contribution in [0.2, 0.25) is 0 Å². The minimum atomic E-state index is 0.138. The van der Waals surface area contributed by atoms with Gasteiger partial charge in [0.2, 0.25) is 0 Å². The summed E-state index contributed by atoms with van der Waals surface area (Å²) in [6.07, 6.45) is 1.63. The molecular weight excluding hydrogens is 350 g/mol. The number of aromatic nitrogens is 2. The molecule has 2 aliphatic rings. The molecule has 8 heteroatoms. The highest BCUT2D eigenvalue weighted by molar-refractivity contribution is 7.12. The molecule has 2 aromatic heterocycles. The Kier molecular flexibility index (Phi) is 5.03. The van der Waals surface area contributed by atoms with Crippen molar-refractivity contribution in [3.63, 3.8) is 0 Å². The zero-order valence-electron chi connectivity index (χ0n) is 14.9. The Hall–Kier alpha value is -2.19. The Labute approximate surface area is 157 Å². The van der Waals surface area contributed by atoms with Gasteiger partial charge in [-0.2, -0.15) is 0 Å². The van der Waals surface area contributed by atoms with Crippen molar-refractivity contribution in [2.45, 2.75) is 6.92 Å². The van der Waals surface area contributed by atoms with Gasteiger partial charge in [0.05, 0.1) is 18.1 Å². The maximum absolute atomic E-state index is 12.6. The fourth-order valence-corrected chi connectivity index (χ4v) is 4.18. The van der Waals surface area contributed by atoms with Crippen molar-refractivity contribution in [1.29, 1.82) is 0 Å². The Bertz CT molecular complexity index is 766. The van der Waals surface area contributed by atoms with Gasteiger partial charge < -0.3 is 19.4 Å². The molecule has 0 saturated carbocycles. The molecule has 2 aromatic rings. The van der Waals surface area contributed by atoms with Gasteiger partial charge in [-0.15, -0.1) is 11.3 Å². The minimum absolute atomic E-state index is 0.138. The number of nitrogens with zero attached hydrogens (tertiary/aromatic N) is 5. The summed E-state index contributed by atoms with van der Waals surface area (Å²) in [4.78, 5) is 28.7. The first-order valence-electron chi connectivity index (χ1n) is 8.95. The van der Waals surface area contributed by atoms with E-state index < -0.39 is 0 Å². The van der Waals surface area contributed by atoms with E-state index in [0.29, 0.717) is 13.1 Å². The van der Waals surface area contributed by atoms with E-state index in [9.17, 15) is 4.79 Å². The number of amides is 1. The molecule has 4 heterocycles. The summed E-state index contributed by atoms with van der Waals surface area (Å²) < 4.78 is 5.41. The van der Waals surface area contributed by atoms with Crippen molar-refractivity contribution in [2.75, 3.05) is 62.3 Å². The molecule has 2 fully saturated rings. The van der Waals surface area contributed by atoms with Crippen LogP contribution in [0, 0.1) is 6.92 Å². The van der Waals surface area contributed by atoms with Crippen LogP contribution in [0.5, 0.6) is 0 Å². The van der Waals surface area contributed by atoms with E-state index in [1.165, 1.54) is 11.3 Å². The van der Waals surface area contributed by atoms with Gasteiger partial charge in [0.25, 0.3) is 5.91 Å². The van der Waals surface area contributed by atoms with Crippen LogP contribution >= 0.6 is 11.3 Å². The van der Waals surface area contributed by atoms with Crippen LogP contribution in [-0.4, -0.2) is 73.3 Å². The number of aryl methyl sites for hydroxylation is 1.